The molecule has 0 bridgehead atoms. The molecule has 0 aliphatic rings. The van der Waals surface area contributed by atoms with Gasteiger partial charge in [0.25, 0.3) is 5.91 Å². The van der Waals surface area contributed by atoms with Gasteiger partial charge in [-0.15, -0.1) is 0 Å². The number of rotatable bonds is 10. The fraction of sp³-hybridized carbons (Fsp3) is 0.440. The summed E-state index contributed by atoms with van der Waals surface area (Å²) >= 11 is 0. The first-order valence-electron chi connectivity index (χ1n) is 10.8. The molecule has 2 aromatic carbocycles. The van der Waals surface area contributed by atoms with Crippen LogP contribution in [0.3, 0.4) is 0 Å². The van der Waals surface area contributed by atoms with Gasteiger partial charge in [-0.1, -0.05) is 55.5 Å². The van der Waals surface area contributed by atoms with E-state index in [9.17, 15) is 9.59 Å². The number of para-hydroxylation sites is 1. The Morgan fingerprint density at radius 3 is 2.07 bits per heavy atom. The molecule has 0 aliphatic carbocycles. The van der Waals surface area contributed by atoms with Gasteiger partial charge in [-0.2, -0.15) is 0 Å². The van der Waals surface area contributed by atoms with Gasteiger partial charge in [0.15, 0.2) is 12.6 Å². The molecule has 0 radical (unpaired) electrons. The molecule has 30 heavy (non-hydrogen) atoms. The van der Waals surface area contributed by atoms with E-state index in [4.69, 9.17) is 4.74 Å². The third-order valence-corrected chi connectivity index (χ3v) is 6.03. The van der Waals surface area contributed by atoms with Gasteiger partial charge in [0, 0.05) is 12.1 Å². The number of quaternary nitrogens is 1. The number of hydrogen-bond donors (Lipinski definition) is 1. The van der Waals surface area contributed by atoms with Gasteiger partial charge in [-0.05, 0) is 44.4 Å². The summed E-state index contributed by atoms with van der Waals surface area (Å²) in [6, 6.07) is 15.3. The summed E-state index contributed by atoms with van der Waals surface area (Å²) in [5, 5.41) is 3.13. The number of carbonyl (C=O) groups is 2. The molecule has 162 valence electrons. The number of nitrogens with one attached hydrogen (secondary N) is 1. The molecule has 2 aromatic rings. The molecular formula is C25H35N2O3+. The molecule has 1 N–H and O–H groups in total. The largest absolute Gasteiger partial charge is 0.457 e. The summed E-state index contributed by atoms with van der Waals surface area (Å²) in [6.07, 6.45) is 0.643. The third kappa shape index (κ3) is 5.70. The van der Waals surface area contributed by atoms with Crippen molar-refractivity contribution >= 4 is 17.6 Å². The summed E-state index contributed by atoms with van der Waals surface area (Å²) in [6.45, 7) is 11.8. The van der Waals surface area contributed by atoms with Gasteiger partial charge in [0.2, 0.25) is 0 Å². The molecule has 1 amide bonds. The predicted molar refractivity (Wildman–Crippen MR) is 121 cm³/mol. The van der Waals surface area contributed by atoms with Crippen molar-refractivity contribution in [1.82, 2.24) is 0 Å². The van der Waals surface area contributed by atoms with Crippen LogP contribution in [-0.4, -0.2) is 42.0 Å². The number of hydrogen-bond acceptors (Lipinski definition) is 3. The average Bonchev–Trinajstić information content (AvgIpc) is 2.75. The number of anilines is 1. The molecule has 0 saturated heterocycles. The third-order valence-electron chi connectivity index (χ3n) is 6.03. The molecule has 0 spiro atoms. The van der Waals surface area contributed by atoms with Crippen LogP contribution in [0, 0.1) is 13.8 Å². The van der Waals surface area contributed by atoms with Crippen LogP contribution in [0.2, 0.25) is 0 Å². The maximum Gasteiger partial charge on any atom is 0.362 e. The second-order valence-corrected chi connectivity index (χ2v) is 7.84. The van der Waals surface area contributed by atoms with Gasteiger partial charge in [-0.3, -0.25) is 4.79 Å². The van der Waals surface area contributed by atoms with Crippen molar-refractivity contribution in [2.75, 3.05) is 25.0 Å². The van der Waals surface area contributed by atoms with Crippen molar-refractivity contribution in [2.24, 2.45) is 0 Å². The number of amides is 1. The fourth-order valence-electron chi connectivity index (χ4n) is 4.08. The molecule has 0 saturated carbocycles. The van der Waals surface area contributed by atoms with Gasteiger partial charge in [0.05, 0.1) is 13.1 Å². The summed E-state index contributed by atoms with van der Waals surface area (Å²) in [7, 11) is 0. The SMILES string of the molecule is CCC(C(=O)Nc1c(C)cccc1C)[N+](CC)(CC)CC(=O)OCc1ccccc1. The summed E-state index contributed by atoms with van der Waals surface area (Å²) in [5.41, 5.74) is 3.88. The number of carbonyl (C=O) groups excluding carboxylic acids is 2. The highest BCUT2D eigenvalue weighted by Gasteiger charge is 2.40. The van der Waals surface area contributed by atoms with E-state index in [-0.39, 0.29) is 31.1 Å². The lowest BCUT2D eigenvalue weighted by atomic mass is 10.1. The van der Waals surface area contributed by atoms with E-state index >= 15 is 0 Å². The summed E-state index contributed by atoms with van der Waals surface area (Å²) in [5.74, 6) is -0.324. The molecule has 1 unspecified atom stereocenters. The van der Waals surface area contributed by atoms with Gasteiger partial charge < -0.3 is 14.5 Å². The van der Waals surface area contributed by atoms with Crippen LogP contribution in [0.4, 0.5) is 5.69 Å². The second kappa shape index (κ2) is 10.9. The predicted octanol–water partition coefficient (Wildman–Crippen LogP) is 4.62. The van der Waals surface area contributed by atoms with Crippen LogP contribution in [-0.2, 0) is 20.9 Å². The van der Waals surface area contributed by atoms with E-state index in [1.807, 2.05) is 83.1 Å². The van der Waals surface area contributed by atoms with E-state index in [2.05, 4.69) is 5.32 Å². The van der Waals surface area contributed by atoms with Crippen LogP contribution in [0.15, 0.2) is 48.5 Å². The minimum atomic E-state index is -0.330. The first kappa shape index (κ1) is 23.6. The summed E-state index contributed by atoms with van der Waals surface area (Å²) < 4.78 is 5.91. The first-order valence-corrected chi connectivity index (χ1v) is 10.8. The number of benzene rings is 2. The molecule has 0 heterocycles. The van der Waals surface area contributed by atoms with Gasteiger partial charge >= 0.3 is 5.97 Å². The van der Waals surface area contributed by atoms with Crippen LogP contribution >= 0.6 is 0 Å². The Kier molecular flexibility index (Phi) is 8.60. The van der Waals surface area contributed by atoms with E-state index in [1.54, 1.807) is 0 Å². The number of aryl methyl sites for hydroxylation is 2. The molecule has 1 atom stereocenters. The number of nitrogens with zero attached hydrogens (tertiary/aromatic N) is 1. The highest BCUT2D eigenvalue weighted by atomic mass is 16.5. The van der Waals surface area contributed by atoms with Crippen molar-refractivity contribution < 1.29 is 18.8 Å². The second-order valence-electron chi connectivity index (χ2n) is 7.84. The van der Waals surface area contributed by atoms with Gasteiger partial charge in [0.1, 0.15) is 6.61 Å². The summed E-state index contributed by atoms with van der Waals surface area (Å²) in [4.78, 5) is 26.0. The lowest BCUT2D eigenvalue weighted by Crippen LogP contribution is -2.61. The zero-order chi connectivity index (χ0) is 22.1. The van der Waals surface area contributed by atoms with Crippen molar-refractivity contribution in [3.05, 3.63) is 65.2 Å². The highest BCUT2D eigenvalue weighted by Crippen LogP contribution is 2.23. The average molecular weight is 412 g/mol. The maximum atomic E-state index is 13.3. The number of ether oxygens (including phenoxy) is 1. The minimum absolute atomic E-state index is 0.0468. The molecule has 2 rings (SSSR count). The van der Waals surface area contributed by atoms with E-state index in [0.717, 1.165) is 22.4 Å². The van der Waals surface area contributed by atoms with E-state index in [0.29, 0.717) is 24.0 Å². The molecule has 0 aliphatic heterocycles. The zero-order valence-electron chi connectivity index (χ0n) is 18.9. The molecular weight excluding hydrogens is 376 g/mol. The molecule has 0 aromatic heterocycles. The Morgan fingerprint density at radius 2 is 1.53 bits per heavy atom. The van der Waals surface area contributed by atoms with E-state index in [1.165, 1.54) is 0 Å². The normalized spacial score (nSPS) is 12.3. The van der Waals surface area contributed by atoms with Crippen LogP contribution in [0.5, 0.6) is 0 Å². The first-order chi connectivity index (χ1) is 14.4. The van der Waals surface area contributed by atoms with Crippen LogP contribution in [0.1, 0.15) is 43.9 Å². The van der Waals surface area contributed by atoms with Crippen molar-refractivity contribution in [3.8, 4) is 0 Å². The van der Waals surface area contributed by atoms with E-state index < -0.39 is 0 Å². The Balaban J connectivity index is 2.15. The monoisotopic (exact) mass is 411 g/mol. The topological polar surface area (TPSA) is 55.4 Å². The molecule has 0 fully saturated rings. The number of esters is 1. The van der Waals surface area contributed by atoms with Gasteiger partial charge in [-0.25, -0.2) is 4.79 Å². The minimum Gasteiger partial charge on any atom is -0.457 e. The Hall–Kier alpha value is -2.66. The fourth-order valence-corrected chi connectivity index (χ4v) is 4.08. The quantitative estimate of drug-likeness (QED) is 0.458. The highest BCUT2D eigenvalue weighted by molar-refractivity contribution is 5.95. The van der Waals surface area contributed by atoms with Crippen molar-refractivity contribution in [1.29, 1.82) is 0 Å². The maximum absolute atomic E-state index is 13.3. The zero-order valence-corrected chi connectivity index (χ0v) is 18.9. The lowest BCUT2D eigenvalue weighted by Gasteiger charge is -2.41. The Morgan fingerprint density at radius 1 is 0.933 bits per heavy atom. The lowest BCUT2D eigenvalue weighted by molar-refractivity contribution is -0.932. The van der Waals surface area contributed by atoms with Crippen LogP contribution < -0.4 is 5.32 Å². The van der Waals surface area contributed by atoms with Crippen molar-refractivity contribution in [2.45, 2.75) is 53.7 Å². The number of likely N-dealkylation sites (N-methyl/N-ethyl adjacent to an activating group) is 1. The Labute approximate surface area is 180 Å². The smallest absolute Gasteiger partial charge is 0.362 e. The molecule has 5 heteroatoms. The van der Waals surface area contributed by atoms with Crippen LogP contribution in [0.25, 0.3) is 0 Å². The van der Waals surface area contributed by atoms with Crippen molar-refractivity contribution in [3.63, 3.8) is 0 Å². The Bertz CT molecular complexity index is 824. The molecule has 5 nitrogen and oxygen atoms in total. The standard InChI is InChI=1S/C25H34N2O3/c1-6-22(25(29)26-24-19(4)13-12-14-20(24)5)27(7-2,8-3)17-23(28)30-18-21-15-10-9-11-16-21/h9-16,22H,6-8,17-18H2,1-5H3/p+1.